The third kappa shape index (κ3) is 2.87. The van der Waals surface area contributed by atoms with Gasteiger partial charge in [0.05, 0.1) is 0 Å². The van der Waals surface area contributed by atoms with E-state index in [4.69, 9.17) is 0 Å². The summed E-state index contributed by atoms with van der Waals surface area (Å²) in [6, 6.07) is 0. The van der Waals surface area contributed by atoms with Crippen LogP contribution in [0.4, 0.5) is 8.78 Å². The van der Waals surface area contributed by atoms with Crippen molar-refractivity contribution < 1.29 is 13.6 Å². The average molecular weight is 276 g/mol. The minimum atomic E-state index is -3.22. The van der Waals surface area contributed by atoms with Crippen molar-refractivity contribution in [2.24, 2.45) is 0 Å². The Morgan fingerprint density at radius 2 is 1.95 bits per heavy atom. The summed E-state index contributed by atoms with van der Waals surface area (Å²) in [4.78, 5) is 18.6. The predicted molar refractivity (Wildman–Crippen MR) is 72.1 cm³/mol. The van der Waals surface area contributed by atoms with Crippen LogP contribution in [0.15, 0.2) is 42.8 Å². The van der Waals surface area contributed by atoms with Crippen LogP contribution in [0.2, 0.25) is 0 Å². The van der Waals surface area contributed by atoms with Crippen LogP contribution in [-0.4, -0.2) is 15.8 Å². The molecule has 0 aliphatic heterocycles. The van der Waals surface area contributed by atoms with E-state index in [-0.39, 0.29) is 5.78 Å². The number of hydrogen-bond acceptors (Lipinski definition) is 3. The van der Waals surface area contributed by atoms with Gasteiger partial charge in [-0.3, -0.25) is 4.79 Å². The molecule has 0 radical (unpaired) electrons. The lowest BCUT2D eigenvalue weighted by Gasteiger charge is -2.14. The number of nitrogens with zero attached hydrogens (tertiary/aromatic N) is 2. The molecule has 3 nitrogen and oxygen atoms in total. The molecule has 0 saturated heterocycles. The summed E-state index contributed by atoms with van der Waals surface area (Å²) in [6.07, 6.45) is 8.15. The van der Waals surface area contributed by atoms with E-state index in [1.165, 1.54) is 19.3 Å². The molecule has 0 saturated carbocycles. The molecular weight excluding hydrogens is 262 g/mol. The molecule has 5 heteroatoms. The largest absolute Gasteiger partial charge is 0.324 e. The summed E-state index contributed by atoms with van der Waals surface area (Å²) < 4.78 is 26.6. The summed E-state index contributed by atoms with van der Waals surface area (Å²) in [5.74, 6) is -3.73. The molecule has 0 unspecified atom stereocenters. The summed E-state index contributed by atoms with van der Waals surface area (Å²) in [6.45, 7) is 4.59. The third-order valence-electron chi connectivity index (χ3n) is 3.18. The number of carbonyl (C=O) groups excluding carboxylic acids is 1. The van der Waals surface area contributed by atoms with Crippen LogP contribution in [0.25, 0.3) is 5.57 Å². The van der Waals surface area contributed by atoms with E-state index in [0.29, 0.717) is 24.5 Å². The Balaban J connectivity index is 2.24. The van der Waals surface area contributed by atoms with Gasteiger partial charge in [-0.25, -0.2) is 9.97 Å². The first kappa shape index (κ1) is 14.2. The van der Waals surface area contributed by atoms with E-state index in [0.717, 1.165) is 11.1 Å². The number of rotatable bonds is 4. The lowest BCUT2D eigenvalue weighted by molar-refractivity contribution is -0.113. The lowest BCUT2D eigenvalue weighted by atomic mass is 9.93. The van der Waals surface area contributed by atoms with E-state index in [9.17, 15) is 13.6 Å². The maximum absolute atomic E-state index is 13.3. The fraction of sp³-hybridized carbons (Fsp3) is 0.267. The van der Waals surface area contributed by atoms with Crippen molar-refractivity contribution in [1.29, 1.82) is 0 Å². The van der Waals surface area contributed by atoms with Crippen LogP contribution in [0.1, 0.15) is 31.2 Å². The smallest absolute Gasteiger partial charge is 0.295 e. The number of Topliss-reactive ketones (excluding diaryl/α,β-unsaturated/α-hetero) is 1. The number of ketones is 1. The zero-order valence-corrected chi connectivity index (χ0v) is 11.1. The predicted octanol–water partition coefficient (Wildman–Crippen LogP) is 3.45. The van der Waals surface area contributed by atoms with Crippen LogP contribution in [0, 0.1) is 0 Å². The van der Waals surface area contributed by atoms with Gasteiger partial charge in [-0.2, -0.15) is 8.78 Å². The average Bonchev–Trinajstić information content (AvgIpc) is 2.47. The fourth-order valence-electron chi connectivity index (χ4n) is 1.93. The maximum Gasteiger partial charge on any atom is 0.324 e. The van der Waals surface area contributed by atoms with Gasteiger partial charge in [-0.1, -0.05) is 18.7 Å². The molecule has 0 bridgehead atoms. The van der Waals surface area contributed by atoms with Crippen LogP contribution in [0.3, 0.4) is 0 Å². The van der Waals surface area contributed by atoms with E-state index in [1.54, 1.807) is 6.08 Å². The topological polar surface area (TPSA) is 42.9 Å². The second-order valence-electron chi connectivity index (χ2n) is 4.56. The molecule has 20 heavy (non-hydrogen) atoms. The molecule has 0 amide bonds. The van der Waals surface area contributed by atoms with Gasteiger partial charge in [0, 0.05) is 18.0 Å². The second kappa shape index (κ2) is 5.45. The molecule has 104 valence electrons. The summed E-state index contributed by atoms with van der Waals surface area (Å²) >= 11 is 0. The minimum Gasteiger partial charge on any atom is -0.295 e. The highest BCUT2D eigenvalue weighted by atomic mass is 19.3. The van der Waals surface area contributed by atoms with Gasteiger partial charge in [-0.05, 0) is 37.0 Å². The number of carbonyl (C=O) groups is 1. The Kier molecular flexibility index (Phi) is 3.88. The van der Waals surface area contributed by atoms with Crippen molar-refractivity contribution in [3.8, 4) is 0 Å². The Morgan fingerprint density at radius 1 is 1.30 bits per heavy atom. The highest BCUT2D eigenvalue weighted by Gasteiger charge is 2.30. The summed E-state index contributed by atoms with van der Waals surface area (Å²) in [5, 5.41) is 0. The van der Waals surface area contributed by atoms with Crippen molar-refractivity contribution in [2.75, 3.05) is 0 Å². The van der Waals surface area contributed by atoms with Gasteiger partial charge in [0.2, 0.25) is 5.82 Å². The molecule has 0 N–H and O–H groups in total. The normalized spacial score (nSPS) is 15.3. The maximum atomic E-state index is 13.3. The second-order valence-corrected chi connectivity index (χ2v) is 4.56. The molecule has 0 aromatic carbocycles. The molecule has 1 aromatic rings. The Labute approximate surface area is 115 Å². The minimum absolute atomic E-state index is 0.0533. The Bertz CT molecular complexity index is 601. The Hall–Kier alpha value is -2.17. The van der Waals surface area contributed by atoms with Crippen LogP contribution in [0.5, 0.6) is 0 Å². The van der Waals surface area contributed by atoms with Gasteiger partial charge in [0.1, 0.15) is 0 Å². The quantitative estimate of drug-likeness (QED) is 0.791. The zero-order valence-electron chi connectivity index (χ0n) is 11.1. The number of aromatic nitrogens is 2. The number of hydrogen-bond donors (Lipinski definition) is 0. The Morgan fingerprint density at radius 3 is 2.40 bits per heavy atom. The van der Waals surface area contributed by atoms with Crippen LogP contribution >= 0.6 is 0 Å². The molecular formula is C15H14F2N2O. The molecule has 0 atom stereocenters. The number of alkyl halides is 2. The highest BCUT2D eigenvalue weighted by molar-refractivity contribution is 5.94. The molecule has 1 aromatic heterocycles. The van der Waals surface area contributed by atoms with Gasteiger partial charge >= 0.3 is 5.92 Å². The first-order valence-corrected chi connectivity index (χ1v) is 6.19. The van der Waals surface area contributed by atoms with Gasteiger partial charge in [0.25, 0.3) is 0 Å². The fourth-order valence-corrected chi connectivity index (χ4v) is 1.93. The lowest BCUT2D eigenvalue weighted by Crippen LogP contribution is -2.14. The standard InChI is InChI=1S/C15H14F2N2O/c1-3-15(16,17)14-18-8-13(9-19-14)12-6-4-11(5-7-12)10(2)20/h3-4,6,8-9H,1,5,7H2,2H3. The molecule has 0 spiro atoms. The van der Waals surface area contributed by atoms with Crippen LogP contribution < -0.4 is 0 Å². The van der Waals surface area contributed by atoms with Crippen molar-refractivity contribution >= 4 is 11.4 Å². The monoisotopic (exact) mass is 276 g/mol. The van der Waals surface area contributed by atoms with E-state index >= 15 is 0 Å². The van der Waals surface area contributed by atoms with E-state index in [1.807, 2.05) is 6.08 Å². The van der Waals surface area contributed by atoms with Gasteiger partial charge in [0.15, 0.2) is 5.78 Å². The third-order valence-corrected chi connectivity index (χ3v) is 3.18. The van der Waals surface area contributed by atoms with Crippen molar-refractivity contribution in [2.45, 2.75) is 25.7 Å². The van der Waals surface area contributed by atoms with Crippen molar-refractivity contribution in [3.05, 3.63) is 54.2 Å². The summed E-state index contributed by atoms with van der Waals surface area (Å²) in [5.41, 5.74) is 2.39. The van der Waals surface area contributed by atoms with Crippen molar-refractivity contribution in [1.82, 2.24) is 9.97 Å². The molecule has 0 fully saturated rings. The van der Waals surface area contributed by atoms with Crippen molar-refractivity contribution in [3.63, 3.8) is 0 Å². The van der Waals surface area contributed by atoms with E-state index in [2.05, 4.69) is 16.5 Å². The first-order chi connectivity index (χ1) is 9.44. The van der Waals surface area contributed by atoms with Crippen LogP contribution in [-0.2, 0) is 10.7 Å². The first-order valence-electron chi connectivity index (χ1n) is 6.19. The molecule has 1 aliphatic carbocycles. The number of allylic oxidation sites excluding steroid dienone is 5. The SMILES string of the molecule is C=CC(F)(F)c1ncc(C2=CC=C(C(C)=O)CC2)cn1. The zero-order chi connectivity index (χ0) is 14.8. The van der Waals surface area contributed by atoms with E-state index < -0.39 is 11.7 Å². The number of halogens is 2. The van der Waals surface area contributed by atoms with Gasteiger partial charge in [-0.15, -0.1) is 0 Å². The highest BCUT2D eigenvalue weighted by Crippen LogP contribution is 2.29. The molecule has 1 aliphatic rings. The summed E-state index contributed by atoms with van der Waals surface area (Å²) in [7, 11) is 0. The van der Waals surface area contributed by atoms with Gasteiger partial charge < -0.3 is 0 Å². The molecule has 1 heterocycles. The molecule has 2 rings (SSSR count).